The molecule has 0 saturated carbocycles. The van der Waals surface area contributed by atoms with Gasteiger partial charge in [0.25, 0.3) is 5.95 Å². The average Bonchev–Trinajstić information content (AvgIpc) is 3.40. The number of fused-ring (bicyclic) bond motifs is 3. The molecule has 2 aliphatic rings. The van der Waals surface area contributed by atoms with E-state index in [1.165, 1.54) is 0 Å². The highest BCUT2D eigenvalue weighted by molar-refractivity contribution is 5.69. The smallest absolute Gasteiger partial charge is 0.253 e. The third-order valence-corrected chi connectivity index (χ3v) is 5.77. The zero-order chi connectivity index (χ0) is 20.9. The highest BCUT2D eigenvalue weighted by atomic mass is 15.4. The Labute approximate surface area is 179 Å². The number of nitrogens with zero attached hydrogens (tertiary/aromatic N) is 8. The van der Waals surface area contributed by atoms with E-state index < -0.39 is 0 Å². The van der Waals surface area contributed by atoms with Crippen LogP contribution < -0.4 is 4.90 Å². The highest BCUT2D eigenvalue weighted by Crippen LogP contribution is 2.42. The third kappa shape index (κ3) is 2.58. The lowest BCUT2D eigenvalue weighted by Crippen LogP contribution is -2.36. The van der Waals surface area contributed by atoms with Crippen molar-refractivity contribution in [2.45, 2.75) is 26.3 Å². The van der Waals surface area contributed by atoms with Crippen LogP contribution in [0.2, 0.25) is 0 Å². The van der Waals surface area contributed by atoms with Crippen LogP contribution in [-0.4, -0.2) is 34.5 Å². The Kier molecular flexibility index (Phi) is 3.86. The summed E-state index contributed by atoms with van der Waals surface area (Å²) in [5.74, 6) is 3.10. The van der Waals surface area contributed by atoms with E-state index in [-0.39, 0.29) is 6.04 Å². The van der Waals surface area contributed by atoms with E-state index in [0.29, 0.717) is 5.95 Å². The van der Waals surface area contributed by atoms with Gasteiger partial charge in [0.2, 0.25) is 0 Å². The van der Waals surface area contributed by atoms with Crippen LogP contribution in [0.4, 0.5) is 5.82 Å². The molecule has 152 valence electrons. The topological polar surface area (TPSA) is 77.5 Å². The van der Waals surface area contributed by atoms with Gasteiger partial charge < -0.3 is 4.90 Å². The number of benzene rings is 1. The third-order valence-electron chi connectivity index (χ3n) is 5.77. The molecule has 3 aromatic heterocycles. The number of rotatable bonds is 4. The van der Waals surface area contributed by atoms with E-state index in [9.17, 15) is 0 Å². The summed E-state index contributed by atoms with van der Waals surface area (Å²) in [4.78, 5) is 11.9. The van der Waals surface area contributed by atoms with Gasteiger partial charge in [-0.1, -0.05) is 43.3 Å². The first-order valence-electron chi connectivity index (χ1n) is 10.3. The van der Waals surface area contributed by atoms with Crippen LogP contribution >= 0.6 is 0 Å². The molecule has 0 fully saturated rings. The maximum atomic E-state index is 5.01. The summed E-state index contributed by atoms with van der Waals surface area (Å²) in [5.41, 5.74) is 3.99. The van der Waals surface area contributed by atoms with Crippen molar-refractivity contribution in [1.29, 1.82) is 0 Å². The van der Waals surface area contributed by atoms with Crippen LogP contribution in [0.15, 0.2) is 72.7 Å². The van der Waals surface area contributed by atoms with Crippen LogP contribution in [-0.2, 0) is 0 Å². The molecule has 0 N–H and O–H groups in total. The largest absolute Gasteiger partial charge is 0.314 e. The Hall–Kier alpha value is -4.07. The number of aryl methyl sites for hydroxylation is 1. The summed E-state index contributed by atoms with van der Waals surface area (Å²) in [6.07, 6.45) is 10.7. The predicted molar refractivity (Wildman–Crippen MR) is 117 cm³/mol. The molecule has 1 aliphatic heterocycles. The van der Waals surface area contributed by atoms with E-state index in [4.69, 9.17) is 4.98 Å². The summed E-state index contributed by atoms with van der Waals surface area (Å²) >= 11 is 0. The molecule has 0 unspecified atom stereocenters. The maximum Gasteiger partial charge on any atom is 0.253 e. The van der Waals surface area contributed by atoms with Crippen LogP contribution in [0.25, 0.3) is 22.9 Å². The molecule has 1 atom stereocenters. The molecular formula is C23H20N8. The summed E-state index contributed by atoms with van der Waals surface area (Å²) in [7, 11) is 0. The summed E-state index contributed by atoms with van der Waals surface area (Å²) < 4.78 is 3.85. The Morgan fingerprint density at radius 3 is 2.65 bits per heavy atom. The van der Waals surface area contributed by atoms with Gasteiger partial charge in [0.05, 0.1) is 24.1 Å². The maximum absolute atomic E-state index is 5.01. The molecule has 0 bridgehead atoms. The molecule has 0 amide bonds. The normalized spacial score (nSPS) is 16.5. The van der Waals surface area contributed by atoms with E-state index in [0.717, 1.165) is 46.5 Å². The number of aromatic nitrogens is 7. The summed E-state index contributed by atoms with van der Waals surface area (Å²) in [5, 5.41) is 13.3. The minimum absolute atomic E-state index is 0.0406. The van der Waals surface area contributed by atoms with Crippen LogP contribution in [0, 0.1) is 6.92 Å². The first-order valence-corrected chi connectivity index (χ1v) is 10.3. The SMILES string of the molecule is CC[C@@H]1c2nnc(C)n2-c2cnc(-n3nccc3-c3ccccc3)nc2N1C1=CC=C1. The van der Waals surface area contributed by atoms with Gasteiger partial charge in [-0.2, -0.15) is 14.8 Å². The van der Waals surface area contributed by atoms with Crippen molar-refractivity contribution < 1.29 is 0 Å². The van der Waals surface area contributed by atoms with Crippen LogP contribution in [0.1, 0.15) is 31.0 Å². The molecular weight excluding hydrogens is 388 g/mol. The zero-order valence-electron chi connectivity index (χ0n) is 17.2. The minimum atomic E-state index is 0.0406. The van der Waals surface area contributed by atoms with Crippen molar-refractivity contribution >= 4 is 5.82 Å². The fourth-order valence-electron chi connectivity index (χ4n) is 4.25. The first kappa shape index (κ1) is 17.8. The molecule has 1 aliphatic carbocycles. The predicted octanol–water partition coefficient (Wildman–Crippen LogP) is 3.94. The van der Waals surface area contributed by atoms with Gasteiger partial charge in [-0.05, 0) is 31.6 Å². The average molecular weight is 408 g/mol. The molecule has 4 heterocycles. The Morgan fingerprint density at radius 2 is 1.90 bits per heavy atom. The molecule has 8 heteroatoms. The van der Waals surface area contributed by atoms with E-state index >= 15 is 0 Å². The number of anilines is 1. The Balaban J connectivity index is 1.55. The van der Waals surface area contributed by atoms with Gasteiger partial charge >= 0.3 is 0 Å². The lowest BCUT2D eigenvalue weighted by Gasteiger charge is -2.38. The zero-order valence-corrected chi connectivity index (χ0v) is 17.2. The van der Waals surface area contributed by atoms with E-state index in [2.05, 4.69) is 61.0 Å². The van der Waals surface area contributed by atoms with Gasteiger partial charge in [0, 0.05) is 11.3 Å². The standard InChI is InChI=1S/C23H20N8/c1-3-18-22-28-27-15(2)29(22)20-14-24-23(26-21(20)30(18)17-10-7-11-17)31-19(12-13-25-31)16-8-5-4-6-9-16/h4-14,18H,3H2,1-2H3/t18-/m1/s1. The molecule has 0 spiro atoms. The molecule has 31 heavy (non-hydrogen) atoms. The van der Waals surface area contributed by atoms with Gasteiger partial charge in [0.15, 0.2) is 11.6 Å². The number of allylic oxidation sites excluding steroid dienone is 3. The number of hydrogen-bond donors (Lipinski definition) is 0. The molecule has 0 radical (unpaired) electrons. The van der Waals surface area contributed by atoms with Crippen molar-refractivity contribution in [3.05, 3.63) is 84.4 Å². The van der Waals surface area contributed by atoms with Crippen molar-refractivity contribution in [2.24, 2.45) is 0 Å². The van der Waals surface area contributed by atoms with Crippen molar-refractivity contribution in [3.63, 3.8) is 0 Å². The second-order valence-corrected chi connectivity index (χ2v) is 7.56. The van der Waals surface area contributed by atoms with Gasteiger partial charge in [-0.25, -0.2) is 4.98 Å². The Bertz CT molecular complexity index is 1350. The summed E-state index contributed by atoms with van der Waals surface area (Å²) in [6.45, 7) is 4.11. The molecule has 8 nitrogen and oxygen atoms in total. The summed E-state index contributed by atoms with van der Waals surface area (Å²) in [6, 6.07) is 12.2. The second kappa shape index (κ2) is 6.73. The minimum Gasteiger partial charge on any atom is -0.314 e. The monoisotopic (exact) mass is 408 g/mol. The van der Waals surface area contributed by atoms with Gasteiger partial charge in [0.1, 0.15) is 11.5 Å². The molecule has 1 aromatic carbocycles. The quantitative estimate of drug-likeness (QED) is 0.509. The Morgan fingerprint density at radius 1 is 1.06 bits per heavy atom. The first-order chi connectivity index (χ1) is 15.3. The van der Waals surface area contributed by atoms with Crippen molar-refractivity contribution in [1.82, 2.24) is 34.5 Å². The highest BCUT2D eigenvalue weighted by Gasteiger charge is 2.37. The molecule has 4 aromatic rings. The van der Waals surface area contributed by atoms with Crippen LogP contribution in [0.5, 0.6) is 0 Å². The molecule has 6 rings (SSSR count). The lowest BCUT2D eigenvalue weighted by atomic mass is 10.0. The molecule has 0 saturated heterocycles. The second-order valence-electron chi connectivity index (χ2n) is 7.56. The van der Waals surface area contributed by atoms with E-state index in [1.54, 1.807) is 10.9 Å². The fourth-order valence-corrected chi connectivity index (χ4v) is 4.25. The van der Waals surface area contributed by atoms with Crippen LogP contribution in [0.3, 0.4) is 0 Å². The lowest BCUT2D eigenvalue weighted by molar-refractivity contribution is 0.572. The van der Waals surface area contributed by atoms with E-state index in [1.807, 2.05) is 43.5 Å². The van der Waals surface area contributed by atoms with Crippen molar-refractivity contribution in [3.8, 4) is 22.9 Å². The van der Waals surface area contributed by atoms with Crippen molar-refractivity contribution in [2.75, 3.05) is 4.90 Å². The van der Waals surface area contributed by atoms with Gasteiger partial charge in [-0.15, -0.1) is 10.2 Å². The van der Waals surface area contributed by atoms with Gasteiger partial charge in [-0.3, -0.25) is 4.57 Å². The fraction of sp³-hybridized carbons (Fsp3) is 0.174. The number of hydrogen-bond acceptors (Lipinski definition) is 6.